The third kappa shape index (κ3) is 2.60. The van der Waals surface area contributed by atoms with E-state index in [9.17, 15) is 9.59 Å². The zero-order valence-electron chi connectivity index (χ0n) is 10.9. The Morgan fingerprint density at radius 3 is 2.39 bits per heavy atom. The molecule has 0 spiro atoms. The Morgan fingerprint density at radius 2 is 2.00 bits per heavy atom. The molecule has 0 radical (unpaired) electrons. The molecule has 2 saturated carbocycles. The molecule has 2 rings (SSSR count). The predicted molar refractivity (Wildman–Crippen MR) is 67.3 cm³/mol. The number of carboxylic acid groups (broad SMARTS) is 1. The van der Waals surface area contributed by atoms with E-state index in [0.717, 1.165) is 6.42 Å². The molecular formula is C13H22N2O3. The minimum Gasteiger partial charge on any atom is -0.481 e. The van der Waals surface area contributed by atoms with Gasteiger partial charge in [0.05, 0.1) is 5.41 Å². The first-order valence-corrected chi connectivity index (χ1v) is 6.81. The van der Waals surface area contributed by atoms with Crippen molar-refractivity contribution in [3.05, 3.63) is 0 Å². The highest BCUT2D eigenvalue weighted by Crippen LogP contribution is 2.40. The number of hydrogen-bond donors (Lipinski definition) is 3. The standard InChI is InChI=1S/C13H22N2O3/c1-9(10-4-2-5-10)15-12(18)14-8-13(11(16)17)6-3-7-13/h9-10H,2-8H2,1H3,(H,16,17)(H2,14,15,18). The first-order chi connectivity index (χ1) is 8.53. The molecule has 2 fully saturated rings. The average molecular weight is 254 g/mol. The molecule has 2 aliphatic rings. The minimum absolute atomic E-state index is 0.181. The van der Waals surface area contributed by atoms with E-state index in [1.54, 1.807) is 0 Å². The van der Waals surface area contributed by atoms with Crippen LogP contribution in [0.25, 0.3) is 0 Å². The smallest absolute Gasteiger partial charge is 0.315 e. The summed E-state index contributed by atoms with van der Waals surface area (Å²) in [5.41, 5.74) is -0.711. The molecule has 18 heavy (non-hydrogen) atoms. The maximum atomic E-state index is 11.7. The van der Waals surface area contributed by atoms with E-state index in [1.165, 1.54) is 19.3 Å². The molecule has 0 saturated heterocycles. The van der Waals surface area contributed by atoms with E-state index in [-0.39, 0.29) is 18.6 Å². The van der Waals surface area contributed by atoms with Crippen molar-refractivity contribution in [2.75, 3.05) is 6.54 Å². The minimum atomic E-state index is -0.791. The first-order valence-electron chi connectivity index (χ1n) is 6.81. The van der Waals surface area contributed by atoms with Crippen LogP contribution in [0.4, 0.5) is 4.79 Å². The van der Waals surface area contributed by atoms with Crippen molar-refractivity contribution < 1.29 is 14.7 Å². The van der Waals surface area contributed by atoms with Gasteiger partial charge in [0.2, 0.25) is 0 Å². The van der Waals surface area contributed by atoms with Crippen LogP contribution in [-0.2, 0) is 4.79 Å². The van der Waals surface area contributed by atoms with Gasteiger partial charge in [-0.05, 0) is 38.5 Å². The third-order valence-corrected chi connectivity index (χ3v) is 4.57. The van der Waals surface area contributed by atoms with Crippen molar-refractivity contribution in [2.24, 2.45) is 11.3 Å². The third-order valence-electron chi connectivity index (χ3n) is 4.57. The van der Waals surface area contributed by atoms with E-state index >= 15 is 0 Å². The Hall–Kier alpha value is -1.26. The normalized spacial score (nSPS) is 23.4. The van der Waals surface area contributed by atoms with Gasteiger partial charge in [0.1, 0.15) is 0 Å². The lowest BCUT2D eigenvalue weighted by Gasteiger charge is -2.38. The summed E-state index contributed by atoms with van der Waals surface area (Å²) >= 11 is 0. The molecule has 1 unspecified atom stereocenters. The number of amides is 2. The highest BCUT2D eigenvalue weighted by atomic mass is 16.4. The molecule has 0 aliphatic heterocycles. The van der Waals surface area contributed by atoms with Crippen LogP contribution in [0.2, 0.25) is 0 Å². The fourth-order valence-electron chi connectivity index (χ4n) is 2.63. The second kappa shape index (κ2) is 5.16. The number of carbonyl (C=O) groups is 2. The summed E-state index contributed by atoms with van der Waals surface area (Å²) in [6.45, 7) is 2.26. The molecule has 0 aromatic rings. The molecule has 0 heterocycles. The molecule has 0 bridgehead atoms. The van der Waals surface area contributed by atoms with Crippen LogP contribution in [0.5, 0.6) is 0 Å². The van der Waals surface area contributed by atoms with Gasteiger partial charge in [-0.2, -0.15) is 0 Å². The van der Waals surface area contributed by atoms with Crippen molar-refractivity contribution in [3.8, 4) is 0 Å². The lowest BCUT2D eigenvalue weighted by Crippen LogP contribution is -2.52. The van der Waals surface area contributed by atoms with Crippen LogP contribution < -0.4 is 10.6 Å². The van der Waals surface area contributed by atoms with Gasteiger partial charge >= 0.3 is 12.0 Å². The molecule has 3 N–H and O–H groups in total. The molecule has 5 nitrogen and oxygen atoms in total. The summed E-state index contributed by atoms with van der Waals surface area (Å²) in [4.78, 5) is 22.8. The van der Waals surface area contributed by atoms with Crippen LogP contribution in [0, 0.1) is 11.3 Å². The van der Waals surface area contributed by atoms with Gasteiger partial charge in [-0.1, -0.05) is 12.8 Å². The largest absolute Gasteiger partial charge is 0.481 e. The Balaban J connectivity index is 1.72. The van der Waals surface area contributed by atoms with Crippen LogP contribution in [0.15, 0.2) is 0 Å². The van der Waals surface area contributed by atoms with E-state index in [2.05, 4.69) is 10.6 Å². The molecule has 5 heteroatoms. The van der Waals surface area contributed by atoms with E-state index in [0.29, 0.717) is 18.8 Å². The fraction of sp³-hybridized carbons (Fsp3) is 0.846. The Bertz CT molecular complexity index is 335. The summed E-state index contributed by atoms with van der Waals surface area (Å²) in [6, 6.07) is -0.0529. The zero-order chi connectivity index (χ0) is 13.2. The topological polar surface area (TPSA) is 78.4 Å². The predicted octanol–water partition coefficient (Wildman–Crippen LogP) is 1.73. The van der Waals surface area contributed by atoms with E-state index in [1.807, 2.05) is 6.92 Å². The molecule has 2 amide bonds. The second-order valence-electron chi connectivity index (χ2n) is 5.75. The van der Waals surface area contributed by atoms with Crippen LogP contribution in [-0.4, -0.2) is 29.7 Å². The zero-order valence-corrected chi connectivity index (χ0v) is 10.9. The fourth-order valence-corrected chi connectivity index (χ4v) is 2.63. The van der Waals surface area contributed by atoms with Gasteiger partial charge < -0.3 is 15.7 Å². The number of carbonyl (C=O) groups excluding carboxylic acids is 1. The van der Waals surface area contributed by atoms with E-state index in [4.69, 9.17) is 5.11 Å². The number of aliphatic carboxylic acids is 1. The highest BCUT2D eigenvalue weighted by molar-refractivity contribution is 5.79. The number of nitrogens with one attached hydrogen (secondary N) is 2. The summed E-state index contributed by atoms with van der Waals surface area (Å²) in [5.74, 6) is -0.200. The molecular weight excluding hydrogens is 232 g/mol. The van der Waals surface area contributed by atoms with Crippen molar-refractivity contribution in [1.82, 2.24) is 10.6 Å². The van der Waals surface area contributed by atoms with Crippen molar-refractivity contribution in [3.63, 3.8) is 0 Å². The monoisotopic (exact) mass is 254 g/mol. The van der Waals surface area contributed by atoms with Gasteiger partial charge in [-0.25, -0.2) is 4.79 Å². The molecule has 1 atom stereocenters. The van der Waals surface area contributed by atoms with Crippen LogP contribution in [0.1, 0.15) is 45.4 Å². The number of urea groups is 1. The highest BCUT2D eigenvalue weighted by Gasteiger charge is 2.44. The summed E-state index contributed by atoms with van der Waals surface area (Å²) in [6.07, 6.45) is 5.89. The Kier molecular flexibility index (Phi) is 3.78. The Morgan fingerprint density at radius 1 is 1.33 bits per heavy atom. The molecule has 0 aromatic heterocycles. The van der Waals surface area contributed by atoms with Gasteiger partial charge in [0, 0.05) is 12.6 Å². The summed E-state index contributed by atoms with van der Waals surface area (Å²) in [7, 11) is 0. The molecule has 102 valence electrons. The maximum Gasteiger partial charge on any atom is 0.315 e. The summed E-state index contributed by atoms with van der Waals surface area (Å²) < 4.78 is 0. The van der Waals surface area contributed by atoms with E-state index < -0.39 is 11.4 Å². The van der Waals surface area contributed by atoms with Crippen LogP contribution >= 0.6 is 0 Å². The SMILES string of the molecule is CC(NC(=O)NCC1(C(=O)O)CCC1)C1CCC1. The summed E-state index contributed by atoms with van der Waals surface area (Å²) in [5, 5.41) is 14.8. The van der Waals surface area contributed by atoms with Gasteiger partial charge in [0.25, 0.3) is 0 Å². The van der Waals surface area contributed by atoms with Gasteiger partial charge in [-0.15, -0.1) is 0 Å². The number of carboxylic acids is 1. The second-order valence-corrected chi connectivity index (χ2v) is 5.75. The average Bonchev–Trinajstić information content (AvgIpc) is 2.11. The maximum absolute atomic E-state index is 11.7. The molecule has 0 aromatic carbocycles. The van der Waals surface area contributed by atoms with Gasteiger partial charge in [-0.3, -0.25) is 4.79 Å². The van der Waals surface area contributed by atoms with Crippen molar-refractivity contribution >= 4 is 12.0 Å². The molecule has 2 aliphatic carbocycles. The number of hydrogen-bond acceptors (Lipinski definition) is 2. The quantitative estimate of drug-likeness (QED) is 0.699. The lowest BCUT2D eigenvalue weighted by molar-refractivity contribution is -0.153. The number of rotatable bonds is 5. The first kappa shape index (κ1) is 13.2. The van der Waals surface area contributed by atoms with Crippen molar-refractivity contribution in [1.29, 1.82) is 0 Å². The van der Waals surface area contributed by atoms with Gasteiger partial charge in [0.15, 0.2) is 0 Å². The Labute approximate surface area is 107 Å². The lowest BCUT2D eigenvalue weighted by atomic mass is 9.69. The van der Waals surface area contributed by atoms with Crippen LogP contribution in [0.3, 0.4) is 0 Å². The van der Waals surface area contributed by atoms with Crippen molar-refractivity contribution in [2.45, 2.75) is 51.5 Å².